The molecule has 0 aliphatic heterocycles. The van der Waals surface area contributed by atoms with Crippen molar-refractivity contribution in [2.24, 2.45) is 5.73 Å². The van der Waals surface area contributed by atoms with Gasteiger partial charge in [-0.05, 0) is 32.7 Å². The fourth-order valence-corrected chi connectivity index (χ4v) is 1.67. The highest BCUT2D eigenvalue weighted by Gasteiger charge is 2.27. The zero-order chi connectivity index (χ0) is 11.3. The predicted molar refractivity (Wildman–Crippen MR) is 61.5 cm³/mol. The van der Waals surface area contributed by atoms with Gasteiger partial charge >= 0.3 is 0 Å². The molecule has 0 spiro atoms. The Morgan fingerprint density at radius 3 is 2.67 bits per heavy atom. The van der Waals surface area contributed by atoms with Crippen LogP contribution in [0.5, 0.6) is 0 Å². The molecule has 0 radical (unpaired) electrons. The molecule has 0 aromatic carbocycles. The molecule has 0 aromatic heterocycles. The van der Waals surface area contributed by atoms with Crippen molar-refractivity contribution in [1.29, 1.82) is 0 Å². The van der Waals surface area contributed by atoms with E-state index in [9.17, 15) is 4.79 Å². The molecule has 1 saturated carbocycles. The molecular formula is C11H23N3O. The molecule has 0 aromatic rings. The third-order valence-electron chi connectivity index (χ3n) is 2.78. The Kier molecular flexibility index (Phi) is 5.05. The lowest BCUT2D eigenvalue weighted by atomic mass is 10.2. The van der Waals surface area contributed by atoms with E-state index in [0.29, 0.717) is 12.6 Å². The number of nitrogens with zero attached hydrogens (tertiary/aromatic N) is 1. The van der Waals surface area contributed by atoms with Crippen molar-refractivity contribution in [3.63, 3.8) is 0 Å². The van der Waals surface area contributed by atoms with Crippen LogP contribution >= 0.6 is 0 Å². The van der Waals surface area contributed by atoms with Crippen LogP contribution in [0.25, 0.3) is 0 Å². The third-order valence-corrected chi connectivity index (χ3v) is 2.78. The van der Waals surface area contributed by atoms with Gasteiger partial charge in [0.05, 0.1) is 6.04 Å². The van der Waals surface area contributed by atoms with Crippen molar-refractivity contribution in [1.82, 2.24) is 10.2 Å². The Balaban J connectivity index is 2.37. The van der Waals surface area contributed by atoms with E-state index in [0.717, 1.165) is 32.4 Å². The first-order valence-corrected chi connectivity index (χ1v) is 5.93. The van der Waals surface area contributed by atoms with Crippen LogP contribution in [-0.2, 0) is 4.79 Å². The minimum Gasteiger partial charge on any atom is -0.352 e. The Morgan fingerprint density at radius 1 is 1.53 bits per heavy atom. The molecular weight excluding hydrogens is 190 g/mol. The summed E-state index contributed by atoms with van der Waals surface area (Å²) in [6, 6.07) is 0.399. The Labute approximate surface area is 92.2 Å². The number of carbonyl (C=O) groups excluding carboxylic acids is 1. The molecule has 0 bridgehead atoms. The van der Waals surface area contributed by atoms with E-state index in [1.165, 1.54) is 0 Å². The van der Waals surface area contributed by atoms with Gasteiger partial charge < -0.3 is 11.1 Å². The molecule has 1 amide bonds. The monoisotopic (exact) mass is 213 g/mol. The van der Waals surface area contributed by atoms with Crippen LogP contribution in [0.2, 0.25) is 0 Å². The maximum absolute atomic E-state index is 11.8. The fraction of sp³-hybridized carbons (Fsp3) is 0.909. The molecule has 1 aliphatic rings. The minimum atomic E-state index is -0.0471. The van der Waals surface area contributed by atoms with Crippen molar-refractivity contribution >= 4 is 5.91 Å². The second-order valence-corrected chi connectivity index (χ2v) is 4.28. The van der Waals surface area contributed by atoms with Crippen molar-refractivity contribution in [2.75, 3.05) is 19.6 Å². The Bertz CT molecular complexity index is 198. The summed E-state index contributed by atoms with van der Waals surface area (Å²) >= 11 is 0. The van der Waals surface area contributed by atoms with Crippen molar-refractivity contribution in [3.05, 3.63) is 0 Å². The summed E-state index contributed by atoms with van der Waals surface area (Å²) in [6.07, 6.45) is 3.34. The highest BCUT2D eigenvalue weighted by atomic mass is 16.2. The molecule has 1 atom stereocenters. The zero-order valence-corrected chi connectivity index (χ0v) is 9.83. The van der Waals surface area contributed by atoms with Crippen LogP contribution in [-0.4, -0.2) is 42.5 Å². The van der Waals surface area contributed by atoms with E-state index in [4.69, 9.17) is 5.73 Å². The predicted octanol–water partition coefficient (Wildman–Crippen LogP) is 0.324. The lowest BCUT2D eigenvalue weighted by molar-refractivity contribution is -0.126. The number of carbonyl (C=O) groups is 1. The molecule has 1 unspecified atom stereocenters. The van der Waals surface area contributed by atoms with Gasteiger partial charge in [-0.1, -0.05) is 6.92 Å². The Morgan fingerprint density at radius 2 is 2.20 bits per heavy atom. The first kappa shape index (κ1) is 12.5. The molecule has 0 heterocycles. The van der Waals surface area contributed by atoms with Gasteiger partial charge in [-0.25, -0.2) is 0 Å². The summed E-state index contributed by atoms with van der Waals surface area (Å²) in [5.74, 6) is 0.152. The van der Waals surface area contributed by atoms with Crippen LogP contribution in [0.4, 0.5) is 0 Å². The number of hydrogen-bond donors (Lipinski definition) is 2. The standard InChI is InChI=1S/C11H23N3O/c1-3-7-14(8-6-12)9(2)11(15)13-10-4-5-10/h9-10H,3-8,12H2,1-2H3,(H,13,15). The van der Waals surface area contributed by atoms with Gasteiger partial charge in [-0.2, -0.15) is 0 Å². The average Bonchev–Trinajstić information content (AvgIpc) is 3.00. The topological polar surface area (TPSA) is 58.4 Å². The smallest absolute Gasteiger partial charge is 0.237 e. The van der Waals surface area contributed by atoms with Gasteiger partial charge in [0, 0.05) is 19.1 Å². The van der Waals surface area contributed by atoms with Gasteiger partial charge in [0.2, 0.25) is 5.91 Å². The molecule has 4 nitrogen and oxygen atoms in total. The van der Waals surface area contributed by atoms with Crippen LogP contribution in [0.15, 0.2) is 0 Å². The SMILES string of the molecule is CCCN(CCN)C(C)C(=O)NC1CC1. The van der Waals surface area contributed by atoms with Gasteiger partial charge in [0.1, 0.15) is 0 Å². The lowest BCUT2D eigenvalue weighted by Gasteiger charge is -2.27. The first-order chi connectivity index (χ1) is 7.19. The second-order valence-electron chi connectivity index (χ2n) is 4.28. The van der Waals surface area contributed by atoms with E-state index in [2.05, 4.69) is 17.1 Å². The molecule has 1 fully saturated rings. The molecule has 0 saturated heterocycles. The second kappa shape index (κ2) is 6.08. The van der Waals surface area contributed by atoms with Gasteiger partial charge in [-0.3, -0.25) is 9.69 Å². The van der Waals surface area contributed by atoms with Gasteiger partial charge in [0.15, 0.2) is 0 Å². The van der Waals surface area contributed by atoms with E-state index < -0.39 is 0 Å². The fourth-order valence-electron chi connectivity index (χ4n) is 1.67. The van der Waals surface area contributed by atoms with Gasteiger partial charge in [-0.15, -0.1) is 0 Å². The average molecular weight is 213 g/mol. The molecule has 1 aliphatic carbocycles. The van der Waals surface area contributed by atoms with Crippen LogP contribution < -0.4 is 11.1 Å². The summed E-state index contributed by atoms with van der Waals surface area (Å²) < 4.78 is 0. The van der Waals surface area contributed by atoms with E-state index in [1.54, 1.807) is 0 Å². The number of amides is 1. The van der Waals surface area contributed by atoms with Crippen LogP contribution in [0.3, 0.4) is 0 Å². The first-order valence-electron chi connectivity index (χ1n) is 5.93. The zero-order valence-electron chi connectivity index (χ0n) is 9.83. The van der Waals surface area contributed by atoms with Crippen molar-refractivity contribution < 1.29 is 4.79 Å². The Hall–Kier alpha value is -0.610. The third kappa shape index (κ3) is 4.18. The molecule has 1 rings (SSSR count). The van der Waals surface area contributed by atoms with E-state index in [1.807, 2.05) is 6.92 Å². The summed E-state index contributed by atoms with van der Waals surface area (Å²) in [7, 11) is 0. The van der Waals surface area contributed by atoms with Crippen LogP contribution in [0.1, 0.15) is 33.1 Å². The summed E-state index contributed by atoms with van der Waals surface area (Å²) in [5, 5.41) is 3.03. The number of hydrogen-bond acceptors (Lipinski definition) is 3. The van der Waals surface area contributed by atoms with Crippen molar-refractivity contribution in [2.45, 2.75) is 45.2 Å². The largest absolute Gasteiger partial charge is 0.352 e. The molecule has 3 N–H and O–H groups in total. The highest BCUT2D eigenvalue weighted by molar-refractivity contribution is 5.81. The van der Waals surface area contributed by atoms with Crippen molar-refractivity contribution in [3.8, 4) is 0 Å². The number of nitrogens with two attached hydrogens (primary N) is 1. The lowest BCUT2D eigenvalue weighted by Crippen LogP contribution is -2.47. The number of rotatable bonds is 7. The molecule has 88 valence electrons. The number of nitrogens with one attached hydrogen (secondary N) is 1. The van der Waals surface area contributed by atoms with Crippen LogP contribution in [0, 0.1) is 0 Å². The molecule has 4 heteroatoms. The summed E-state index contributed by atoms with van der Waals surface area (Å²) in [5.41, 5.74) is 5.54. The van der Waals surface area contributed by atoms with E-state index >= 15 is 0 Å². The quantitative estimate of drug-likeness (QED) is 0.640. The van der Waals surface area contributed by atoms with E-state index in [-0.39, 0.29) is 11.9 Å². The summed E-state index contributed by atoms with van der Waals surface area (Å²) in [4.78, 5) is 13.9. The normalized spacial score (nSPS) is 17.9. The molecule has 15 heavy (non-hydrogen) atoms. The minimum absolute atomic E-state index is 0.0471. The highest BCUT2D eigenvalue weighted by Crippen LogP contribution is 2.19. The maximum atomic E-state index is 11.8. The summed E-state index contributed by atoms with van der Waals surface area (Å²) in [6.45, 7) is 6.43. The van der Waals surface area contributed by atoms with Gasteiger partial charge in [0.25, 0.3) is 0 Å². The maximum Gasteiger partial charge on any atom is 0.237 e.